The summed E-state index contributed by atoms with van der Waals surface area (Å²) in [4.78, 5) is 10.6. The fourth-order valence-corrected chi connectivity index (χ4v) is 0.716. The van der Waals surface area contributed by atoms with E-state index in [-0.39, 0.29) is 0 Å². The van der Waals surface area contributed by atoms with Gasteiger partial charge in [0.25, 0.3) is 5.91 Å². The minimum absolute atomic E-state index is 0.539. The van der Waals surface area contributed by atoms with Crippen LogP contribution >= 0.6 is 0 Å². The number of carbonyl (C=O) groups is 1. The van der Waals surface area contributed by atoms with E-state index in [1.807, 2.05) is 0 Å². The second kappa shape index (κ2) is 4.42. The van der Waals surface area contributed by atoms with Gasteiger partial charge in [-0.2, -0.15) is 5.10 Å². The fraction of sp³-hybridized carbons (Fsp3) is 0.250. The molecule has 0 atom stereocenters. The molecule has 0 fully saturated rings. The van der Waals surface area contributed by atoms with Gasteiger partial charge in [0.1, 0.15) is 6.61 Å². The third-order valence-electron chi connectivity index (χ3n) is 1.43. The van der Waals surface area contributed by atoms with Gasteiger partial charge in [-0.15, -0.1) is 0 Å². The van der Waals surface area contributed by atoms with E-state index in [4.69, 9.17) is 9.52 Å². The molecule has 0 aliphatic carbocycles. The van der Waals surface area contributed by atoms with Crippen molar-refractivity contribution >= 4 is 11.6 Å². The molecule has 1 aromatic heterocycles. The van der Waals surface area contributed by atoms with Crippen LogP contribution in [-0.2, 0) is 4.79 Å². The molecule has 2 N–H and O–H groups in total. The molecule has 0 saturated heterocycles. The molecule has 5 nitrogen and oxygen atoms in total. The first-order valence-corrected chi connectivity index (χ1v) is 3.70. The Morgan fingerprint density at radius 1 is 1.77 bits per heavy atom. The van der Waals surface area contributed by atoms with Gasteiger partial charge in [-0.1, -0.05) is 0 Å². The quantitative estimate of drug-likeness (QED) is 0.514. The number of hydrogen-bond donors (Lipinski definition) is 2. The summed E-state index contributed by atoms with van der Waals surface area (Å²) in [6.07, 6.45) is 3.03. The van der Waals surface area contributed by atoms with E-state index in [0.717, 1.165) is 5.56 Å². The lowest BCUT2D eigenvalue weighted by Crippen LogP contribution is -2.22. The highest BCUT2D eigenvalue weighted by atomic mass is 16.3. The molecule has 0 radical (unpaired) electrons. The van der Waals surface area contributed by atoms with Gasteiger partial charge in [-0.3, -0.25) is 4.79 Å². The topological polar surface area (TPSA) is 74.8 Å². The zero-order chi connectivity index (χ0) is 9.68. The number of furan rings is 1. The molecule has 1 rings (SSSR count). The van der Waals surface area contributed by atoms with Crippen LogP contribution in [0.5, 0.6) is 0 Å². The Bertz CT molecular complexity index is 303. The standard InChI is InChI=1S/C8H10N2O3/c1-6(7-2-3-13-5-7)9-10-8(12)4-11/h2-3,5,11H,4H2,1H3,(H,10,12)/b9-6-. The first-order valence-electron chi connectivity index (χ1n) is 3.70. The average Bonchev–Trinajstić information content (AvgIpc) is 2.66. The average molecular weight is 182 g/mol. The van der Waals surface area contributed by atoms with Crippen molar-refractivity contribution < 1.29 is 14.3 Å². The van der Waals surface area contributed by atoms with E-state index in [1.165, 1.54) is 12.5 Å². The monoisotopic (exact) mass is 182 g/mol. The predicted octanol–water partition coefficient (Wildman–Crippen LogP) is 0.112. The lowest BCUT2D eigenvalue weighted by atomic mass is 10.2. The van der Waals surface area contributed by atoms with Crippen molar-refractivity contribution in [3.8, 4) is 0 Å². The number of carbonyl (C=O) groups excluding carboxylic acids is 1. The number of rotatable bonds is 3. The van der Waals surface area contributed by atoms with E-state index in [0.29, 0.717) is 5.71 Å². The van der Waals surface area contributed by atoms with Crippen LogP contribution in [0, 0.1) is 0 Å². The summed E-state index contributed by atoms with van der Waals surface area (Å²) < 4.78 is 4.83. The molecule has 70 valence electrons. The highest BCUT2D eigenvalue weighted by Gasteiger charge is 1.99. The van der Waals surface area contributed by atoms with Crippen molar-refractivity contribution in [3.05, 3.63) is 24.2 Å². The molecule has 0 bridgehead atoms. The number of nitrogens with one attached hydrogen (secondary N) is 1. The molecule has 0 saturated carbocycles. The SMILES string of the molecule is C/C(=N/NC(=O)CO)c1ccoc1. The van der Waals surface area contributed by atoms with Gasteiger partial charge in [0.15, 0.2) is 0 Å². The molecule has 1 heterocycles. The van der Waals surface area contributed by atoms with E-state index in [1.54, 1.807) is 13.0 Å². The summed E-state index contributed by atoms with van der Waals surface area (Å²) >= 11 is 0. The Morgan fingerprint density at radius 3 is 3.08 bits per heavy atom. The number of hydrazone groups is 1. The molecule has 0 aliphatic heterocycles. The van der Waals surface area contributed by atoms with Gasteiger partial charge in [-0.25, -0.2) is 5.43 Å². The van der Waals surface area contributed by atoms with Crippen LogP contribution < -0.4 is 5.43 Å². The third-order valence-corrected chi connectivity index (χ3v) is 1.43. The minimum Gasteiger partial charge on any atom is -0.472 e. The number of aliphatic hydroxyl groups is 1. The Balaban J connectivity index is 2.57. The van der Waals surface area contributed by atoms with Crippen LogP contribution in [0.3, 0.4) is 0 Å². The highest BCUT2D eigenvalue weighted by molar-refractivity contribution is 5.98. The van der Waals surface area contributed by atoms with E-state index < -0.39 is 12.5 Å². The van der Waals surface area contributed by atoms with E-state index >= 15 is 0 Å². The maximum Gasteiger partial charge on any atom is 0.265 e. The minimum atomic E-state index is -0.567. The van der Waals surface area contributed by atoms with Gasteiger partial charge < -0.3 is 9.52 Å². The maximum absolute atomic E-state index is 10.6. The molecule has 0 aromatic carbocycles. The Labute approximate surface area is 75.1 Å². The lowest BCUT2D eigenvalue weighted by molar-refractivity contribution is -0.123. The van der Waals surface area contributed by atoms with Crippen LogP contribution in [0.25, 0.3) is 0 Å². The Kier molecular flexibility index (Phi) is 3.22. The molecular formula is C8H10N2O3. The normalized spacial score (nSPS) is 11.4. The maximum atomic E-state index is 10.6. The zero-order valence-electron chi connectivity index (χ0n) is 7.15. The van der Waals surface area contributed by atoms with E-state index in [2.05, 4.69) is 10.5 Å². The summed E-state index contributed by atoms with van der Waals surface area (Å²) in [6.45, 7) is 1.16. The van der Waals surface area contributed by atoms with Gasteiger partial charge in [0.05, 0.1) is 18.2 Å². The number of amides is 1. The molecule has 1 amide bonds. The van der Waals surface area contributed by atoms with Crippen molar-refractivity contribution in [1.82, 2.24) is 5.43 Å². The van der Waals surface area contributed by atoms with Gasteiger partial charge in [0.2, 0.25) is 0 Å². The molecule has 0 spiro atoms. The molecular weight excluding hydrogens is 172 g/mol. The van der Waals surface area contributed by atoms with Gasteiger partial charge in [0, 0.05) is 5.56 Å². The predicted molar refractivity (Wildman–Crippen MR) is 46.1 cm³/mol. The molecule has 0 unspecified atom stereocenters. The van der Waals surface area contributed by atoms with Crippen molar-refractivity contribution in [2.24, 2.45) is 5.10 Å². The number of hydrogen-bond acceptors (Lipinski definition) is 4. The second-order valence-electron chi connectivity index (χ2n) is 2.40. The van der Waals surface area contributed by atoms with Crippen LogP contribution in [0.2, 0.25) is 0 Å². The molecule has 5 heteroatoms. The molecule has 1 aromatic rings. The van der Waals surface area contributed by atoms with Crippen molar-refractivity contribution in [2.45, 2.75) is 6.92 Å². The van der Waals surface area contributed by atoms with Crippen LogP contribution in [0.4, 0.5) is 0 Å². The lowest BCUT2D eigenvalue weighted by Gasteiger charge is -1.96. The number of aliphatic hydroxyl groups excluding tert-OH is 1. The second-order valence-corrected chi connectivity index (χ2v) is 2.40. The summed E-state index contributed by atoms with van der Waals surface area (Å²) in [7, 11) is 0. The van der Waals surface area contributed by atoms with Crippen LogP contribution in [-0.4, -0.2) is 23.3 Å². The summed E-state index contributed by atoms with van der Waals surface area (Å²) in [5.74, 6) is -0.539. The molecule has 0 aliphatic rings. The van der Waals surface area contributed by atoms with Gasteiger partial charge in [-0.05, 0) is 13.0 Å². The van der Waals surface area contributed by atoms with Crippen LogP contribution in [0.15, 0.2) is 28.1 Å². The first-order chi connectivity index (χ1) is 6.24. The van der Waals surface area contributed by atoms with E-state index in [9.17, 15) is 4.79 Å². The highest BCUT2D eigenvalue weighted by Crippen LogP contribution is 2.00. The van der Waals surface area contributed by atoms with Crippen LogP contribution in [0.1, 0.15) is 12.5 Å². The largest absolute Gasteiger partial charge is 0.472 e. The first kappa shape index (κ1) is 9.47. The van der Waals surface area contributed by atoms with Crippen molar-refractivity contribution in [3.63, 3.8) is 0 Å². The third kappa shape index (κ3) is 2.72. The number of nitrogens with zero attached hydrogens (tertiary/aromatic N) is 1. The Morgan fingerprint density at radius 2 is 2.54 bits per heavy atom. The summed E-state index contributed by atoms with van der Waals surface area (Å²) in [5, 5.41) is 12.1. The van der Waals surface area contributed by atoms with Crippen molar-refractivity contribution in [2.75, 3.05) is 6.61 Å². The smallest absolute Gasteiger partial charge is 0.265 e. The Hall–Kier alpha value is -1.62. The van der Waals surface area contributed by atoms with Crippen molar-refractivity contribution in [1.29, 1.82) is 0 Å². The zero-order valence-corrected chi connectivity index (χ0v) is 7.15. The fourth-order valence-electron chi connectivity index (χ4n) is 0.716. The summed E-state index contributed by atoms with van der Waals surface area (Å²) in [5.41, 5.74) is 3.59. The van der Waals surface area contributed by atoms with Gasteiger partial charge >= 0.3 is 0 Å². The molecule has 13 heavy (non-hydrogen) atoms. The summed E-state index contributed by atoms with van der Waals surface area (Å²) in [6, 6.07) is 1.73.